The van der Waals surface area contributed by atoms with Gasteiger partial charge in [-0.2, -0.15) is 4.99 Å². The van der Waals surface area contributed by atoms with Crippen molar-refractivity contribution in [1.29, 1.82) is 0 Å². The molecule has 24 heavy (non-hydrogen) atoms. The van der Waals surface area contributed by atoms with Crippen molar-refractivity contribution >= 4 is 38.4 Å². The van der Waals surface area contributed by atoms with Gasteiger partial charge in [0.2, 0.25) is 5.91 Å². The van der Waals surface area contributed by atoms with Gasteiger partial charge in [0, 0.05) is 17.4 Å². The number of sulfone groups is 1. The molecule has 1 aromatic carbocycles. The fraction of sp³-hybridized carbons (Fsp3) is 0.529. The second-order valence-corrected chi connectivity index (χ2v) is 10.2. The van der Waals surface area contributed by atoms with Gasteiger partial charge >= 0.3 is 0 Å². The van der Waals surface area contributed by atoms with Crippen LogP contribution in [0.4, 0.5) is 5.69 Å². The van der Waals surface area contributed by atoms with E-state index in [0.29, 0.717) is 11.6 Å². The Morgan fingerprint density at radius 2 is 2.04 bits per heavy atom. The smallest absolute Gasteiger partial charge is 0.248 e. The Kier molecular flexibility index (Phi) is 4.75. The summed E-state index contributed by atoms with van der Waals surface area (Å²) in [5.74, 6) is 0.382. The summed E-state index contributed by atoms with van der Waals surface area (Å²) in [6, 6.07) is 7.69. The Morgan fingerprint density at radius 1 is 1.33 bits per heavy atom. The van der Waals surface area contributed by atoms with Gasteiger partial charge in [-0.25, -0.2) is 8.42 Å². The molecule has 0 saturated carbocycles. The first kappa shape index (κ1) is 17.5. The number of benzene rings is 1. The molecule has 7 heteroatoms. The monoisotopic (exact) mass is 366 g/mol. The van der Waals surface area contributed by atoms with E-state index in [9.17, 15) is 13.2 Å². The average molecular weight is 367 g/mol. The predicted molar refractivity (Wildman–Crippen MR) is 99.4 cm³/mol. The van der Waals surface area contributed by atoms with Crippen LogP contribution in [0.5, 0.6) is 0 Å². The summed E-state index contributed by atoms with van der Waals surface area (Å²) in [6.45, 7) is 5.96. The summed E-state index contributed by atoms with van der Waals surface area (Å²) in [6.07, 6.45) is 0.402. The van der Waals surface area contributed by atoms with E-state index in [1.165, 1.54) is 11.8 Å². The molecule has 0 unspecified atom stereocenters. The zero-order valence-corrected chi connectivity index (χ0v) is 15.7. The van der Waals surface area contributed by atoms with Crippen LogP contribution in [0.2, 0.25) is 0 Å². The van der Waals surface area contributed by atoms with Crippen LogP contribution in [0.15, 0.2) is 29.3 Å². The molecule has 0 aromatic heterocycles. The average Bonchev–Trinajstić information content (AvgIpc) is 2.90. The standard InChI is InChI=1S/C17H22N2O3S2/c1-11(2)8-16(20)18-17-19(13-7-5-4-6-12(13)3)14-9-24(21,22)10-15(14)23-17/h4-7,11,14-15H,8-10H2,1-3H3/t14-,15+/m0/s1. The Labute approximate surface area is 147 Å². The van der Waals surface area contributed by atoms with Gasteiger partial charge in [-0.1, -0.05) is 43.8 Å². The number of anilines is 1. The SMILES string of the molecule is Cc1ccccc1N1C(=NC(=O)CC(C)C)S[C@@H]2CS(=O)(=O)C[C@@H]21. The summed E-state index contributed by atoms with van der Waals surface area (Å²) < 4.78 is 24.1. The summed E-state index contributed by atoms with van der Waals surface area (Å²) in [7, 11) is -3.03. The molecule has 2 fully saturated rings. The first-order valence-electron chi connectivity index (χ1n) is 8.10. The molecule has 0 spiro atoms. The lowest BCUT2D eigenvalue weighted by atomic mass is 10.1. The third-order valence-electron chi connectivity index (χ3n) is 4.24. The van der Waals surface area contributed by atoms with E-state index in [0.717, 1.165) is 11.3 Å². The van der Waals surface area contributed by atoms with Crippen LogP contribution in [0.25, 0.3) is 0 Å². The number of hydrogen-bond acceptors (Lipinski definition) is 4. The summed E-state index contributed by atoms with van der Waals surface area (Å²) in [4.78, 5) is 18.5. The van der Waals surface area contributed by atoms with Crippen molar-refractivity contribution in [3.8, 4) is 0 Å². The lowest BCUT2D eigenvalue weighted by Gasteiger charge is -2.26. The number of aryl methyl sites for hydroxylation is 1. The minimum absolute atomic E-state index is 0.0554. The van der Waals surface area contributed by atoms with Crippen LogP contribution >= 0.6 is 11.8 Å². The summed E-state index contributed by atoms with van der Waals surface area (Å²) in [5, 5.41) is 0.583. The molecule has 1 aromatic rings. The molecule has 2 atom stereocenters. The van der Waals surface area contributed by atoms with Crippen molar-refractivity contribution in [2.75, 3.05) is 16.4 Å². The number of amides is 1. The number of fused-ring (bicyclic) bond motifs is 1. The highest BCUT2D eigenvalue weighted by molar-refractivity contribution is 8.16. The maximum atomic E-state index is 12.2. The molecular formula is C17H22N2O3S2. The van der Waals surface area contributed by atoms with Crippen LogP contribution in [0.3, 0.4) is 0 Å². The second-order valence-electron chi connectivity index (χ2n) is 6.84. The molecule has 0 N–H and O–H groups in total. The van der Waals surface area contributed by atoms with Crippen LogP contribution in [-0.2, 0) is 14.6 Å². The van der Waals surface area contributed by atoms with E-state index in [4.69, 9.17) is 0 Å². The number of carbonyl (C=O) groups excluding carboxylic acids is 1. The molecule has 0 aliphatic carbocycles. The van der Waals surface area contributed by atoms with Gasteiger partial charge in [0.05, 0.1) is 17.5 Å². The first-order chi connectivity index (χ1) is 11.3. The minimum atomic E-state index is -3.03. The molecule has 0 bridgehead atoms. The van der Waals surface area contributed by atoms with Crippen LogP contribution in [-0.4, -0.2) is 42.3 Å². The number of aliphatic imine (C=N–C) groups is 1. The second kappa shape index (κ2) is 6.52. The highest BCUT2D eigenvalue weighted by Crippen LogP contribution is 2.41. The lowest BCUT2D eigenvalue weighted by Crippen LogP contribution is -2.38. The van der Waals surface area contributed by atoms with E-state index in [1.54, 1.807) is 0 Å². The number of hydrogen-bond donors (Lipinski definition) is 0. The molecule has 3 rings (SSSR count). The normalized spacial score (nSPS) is 27.0. The third-order valence-corrected chi connectivity index (χ3v) is 7.45. The Morgan fingerprint density at radius 3 is 2.71 bits per heavy atom. The Hall–Kier alpha value is -1.34. The molecule has 2 heterocycles. The van der Waals surface area contributed by atoms with Crippen LogP contribution in [0, 0.1) is 12.8 Å². The number of carbonyl (C=O) groups is 1. The van der Waals surface area contributed by atoms with Crippen molar-refractivity contribution in [2.45, 2.75) is 38.5 Å². The van der Waals surface area contributed by atoms with Gasteiger partial charge in [0.25, 0.3) is 0 Å². The lowest BCUT2D eigenvalue weighted by molar-refractivity contribution is -0.118. The van der Waals surface area contributed by atoms with Gasteiger partial charge in [0.1, 0.15) is 0 Å². The molecule has 5 nitrogen and oxygen atoms in total. The van der Waals surface area contributed by atoms with Crippen LogP contribution in [0.1, 0.15) is 25.8 Å². The Bertz CT molecular complexity index is 787. The zero-order valence-electron chi connectivity index (χ0n) is 14.1. The van der Waals surface area contributed by atoms with Crippen molar-refractivity contribution in [3.63, 3.8) is 0 Å². The quantitative estimate of drug-likeness (QED) is 0.823. The number of amidine groups is 1. The van der Waals surface area contributed by atoms with Gasteiger partial charge in [-0.3, -0.25) is 4.79 Å². The number of para-hydroxylation sites is 1. The van der Waals surface area contributed by atoms with E-state index in [-0.39, 0.29) is 34.6 Å². The topological polar surface area (TPSA) is 66.8 Å². The van der Waals surface area contributed by atoms with E-state index in [1.807, 2.05) is 49.9 Å². The van der Waals surface area contributed by atoms with Gasteiger partial charge in [0.15, 0.2) is 15.0 Å². The summed E-state index contributed by atoms with van der Waals surface area (Å²) >= 11 is 1.43. The van der Waals surface area contributed by atoms with E-state index >= 15 is 0 Å². The van der Waals surface area contributed by atoms with Crippen molar-refractivity contribution in [3.05, 3.63) is 29.8 Å². The molecule has 0 radical (unpaired) electrons. The van der Waals surface area contributed by atoms with E-state index in [2.05, 4.69) is 4.99 Å². The van der Waals surface area contributed by atoms with Crippen molar-refractivity contribution in [1.82, 2.24) is 0 Å². The molecule has 130 valence electrons. The fourth-order valence-corrected chi connectivity index (χ4v) is 7.11. The molecule has 2 aliphatic heterocycles. The van der Waals surface area contributed by atoms with Gasteiger partial charge in [-0.15, -0.1) is 0 Å². The number of nitrogens with zero attached hydrogens (tertiary/aromatic N) is 2. The van der Waals surface area contributed by atoms with Crippen molar-refractivity contribution < 1.29 is 13.2 Å². The summed E-state index contributed by atoms with van der Waals surface area (Å²) in [5.41, 5.74) is 1.98. The Balaban J connectivity index is 1.99. The zero-order chi connectivity index (χ0) is 17.5. The maximum absolute atomic E-state index is 12.2. The minimum Gasteiger partial charge on any atom is -0.315 e. The molecule has 1 amide bonds. The van der Waals surface area contributed by atoms with Gasteiger partial charge < -0.3 is 4.90 Å². The highest BCUT2D eigenvalue weighted by atomic mass is 32.2. The molecular weight excluding hydrogens is 344 g/mol. The van der Waals surface area contributed by atoms with Crippen LogP contribution < -0.4 is 4.90 Å². The molecule has 2 saturated heterocycles. The molecule has 2 aliphatic rings. The van der Waals surface area contributed by atoms with E-state index < -0.39 is 9.84 Å². The van der Waals surface area contributed by atoms with Crippen molar-refractivity contribution in [2.24, 2.45) is 10.9 Å². The maximum Gasteiger partial charge on any atom is 0.248 e. The fourth-order valence-electron chi connectivity index (χ4n) is 3.18. The largest absolute Gasteiger partial charge is 0.315 e. The first-order valence-corrected chi connectivity index (χ1v) is 10.8. The van der Waals surface area contributed by atoms with Gasteiger partial charge in [-0.05, 0) is 24.5 Å². The number of thioether (sulfide) groups is 1. The third kappa shape index (κ3) is 3.52. The predicted octanol–water partition coefficient (Wildman–Crippen LogP) is 2.64. The highest BCUT2D eigenvalue weighted by Gasteiger charge is 2.49. The number of rotatable bonds is 3.